The van der Waals surface area contributed by atoms with E-state index in [-0.39, 0.29) is 12.3 Å². The molecule has 1 atom stereocenters. The molecule has 4 N–H and O–H groups in total. The first-order valence-electron chi connectivity index (χ1n) is 7.30. The van der Waals surface area contributed by atoms with Crippen LogP contribution < -0.4 is 11.1 Å². The van der Waals surface area contributed by atoms with Crippen LogP contribution in [0.15, 0.2) is 24.3 Å². The summed E-state index contributed by atoms with van der Waals surface area (Å²) in [5.41, 5.74) is 7.35. The predicted molar refractivity (Wildman–Crippen MR) is 82.1 cm³/mol. The van der Waals surface area contributed by atoms with Crippen LogP contribution in [0.5, 0.6) is 0 Å². The van der Waals surface area contributed by atoms with E-state index in [9.17, 15) is 14.4 Å². The molecule has 1 aromatic carbocycles. The first-order valence-corrected chi connectivity index (χ1v) is 7.30. The van der Waals surface area contributed by atoms with Crippen molar-refractivity contribution in [3.05, 3.63) is 35.4 Å². The molecule has 120 valence electrons. The number of amides is 2. The van der Waals surface area contributed by atoms with Gasteiger partial charge in [-0.05, 0) is 30.4 Å². The number of rotatable bonds is 9. The molecule has 0 aromatic heterocycles. The van der Waals surface area contributed by atoms with Crippen LogP contribution in [0, 0.1) is 0 Å². The Labute approximate surface area is 129 Å². The summed E-state index contributed by atoms with van der Waals surface area (Å²) in [7, 11) is 0. The molecule has 0 heterocycles. The number of aliphatic carboxylic acids is 1. The zero-order chi connectivity index (χ0) is 16.5. The number of nitrogens with two attached hydrogens (primary N) is 1. The van der Waals surface area contributed by atoms with E-state index in [1.54, 1.807) is 0 Å². The molecule has 0 spiro atoms. The number of hydrogen-bond donors (Lipinski definition) is 3. The van der Waals surface area contributed by atoms with E-state index in [0.717, 1.165) is 18.4 Å². The Hall–Kier alpha value is -2.37. The molecule has 0 bridgehead atoms. The van der Waals surface area contributed by atoms with E-state index < -0.39 is 24.3 Å². The summed E-state index contributed by atoms with van der Waals surface area (Å²) in [5.74, 6) is -2.41. The van der Waals surface area contributed by atoms with Gasteiger partial charge in [-0.25, -0.2) is 4.79 Å². The largest absolute Gasteiger partial charge is 0.480 e. The number of aryl methyl sites for hydroxylation is 2. The highest BCUT2D eigenvalue weighted by Gasteiger charge is 2.21. The Bertz CT molecular complexity index is 525. The zero-order valence-electron chi connectivity index (χ0n) is 12.7. The highest BCUT2D eigenvalue weighted by molar-refractivity contribution is 5.88. The number of carboxylic acids is 1. The number of carbonyl (C=O) groups is 3. The standard InChI is InChI=1S/C16H22N2O4/c1-2-11-6-8-12(9-7-11)4-3-5-15(20)18-13(16(21)22)10-14(17)19/h6-9,13H,2-5,10H2,1H3,(H2,17,19)(H,18,20)(H,21,22). The maximum absolute atomic E-state index is 11.7. The minimum atomic E-state index is -1.26. The minimum Gasteiger partial charge on any atom is -0.480 e. The second kappa shape index (κ2) is 8.81. The molecule has 0 aliphatic rings. The number of nitrogens with one attached hydrogen (secondary N) is 1. The average molecular weight is 306 g/mol. The molecule has 0 aliphatic carbocycles. The van der Waals surface area contributed by atoms with Gasteiger partial charge in [0.25, 0.3) is 0 Å². The molecule has 6 nitrogen and oxygen atoms in total. The molecular weight excluding hydrogens is 284 g/mol. The molecule has 1 unspecified atom stereocenters. The third-order valence-corrected chi connectivity index (χ3v) is 3.34. The quantitative estimate of drug-likeness (QED) is 0.632. The van der Waals surface area contributed by atoms with E-state index in [0.29, 0.717) is 6.42 Å². The van der Waals surface area contributed by atoms with Crippen LogP contribution in [0.2, 0.25) is 0 Å². The third-order valence-electron chi connectivity index (χ3n) is 3.34. The van der Waals surface area contributed by atoms with E-state index in [1.807, 2.05) is 12.1 Å². The molecule has 1 rings (SSSR count). The highest BCUT2D eigenvalue weighted by atomic mass is 16.4. The van der Waals surface area contributed by atoms with Crippen molar-refractivity contribution >= 4 is 17.8 Å². The Morgan fingerprint density at radius 2 is 1.77 bits per heavy atom. The van der Waals surface area contributed by atoms with Crippen LogP contribution in [-0.4, -0.2) is 28.9 Å². The summed E-state index contributed by atoms with van der Waals surface area (Å²) >= 11 is 0. The maximum Gasteiger partial charge on any atom is 0.326 e. The second-order valence-corrected chi connectivity index (χ2v) is 5.15. The predicted octanol–water partition coefficient (Wildman–Crippen LogP) is 1.02. The monoisotopic (exact) mass is 306 g/mol. The Kier molecular flexibility index (Phi) is 7.08. The molecule has 0 saturated heterocycles. The Morgan fingerprint density at radius 3 is 2.27 bits per heavy atom. The van der Waals surface area contributed by atoms with E-state index >= 15 is 0 Å². The van der Waals surface area contributed by atoms with Gasteiger partial charge in [0.15, 0.2) is 0 Å². The lowest BCUT2D eigenvalue weighted by molar-refractivity contribution is -0.143. The SMILES string of the molecule is CCc1ccc(CCCC(=O)NC(CC(N)=O)C(=O)O)cc1. The van der Waals surface area contributed by atoms with Crippen molar-refractivity contribution in [2.45, 2.75) is 45.1 Å². The molecular formula is C16H22N2O4. The van der Waals surface area contributed by atoms with Gasteiger partial charge in [0, 0.05) is 6.42 Å². The van der Waals surface area contributed by atoms with E-state index in [1.165, 1.54) is 5.56 Å². The van der Waals surface area contributed by atoms with Gasteiger partial charge < -0.3 is 16.2 Å². The van der Waals surface area contributed by atoms with Crippen LogP contribution in [-0.2, 0) is 27.2 Å². The lowest BCUT2D eigenvalue weighted by atomic mass is 10.0. The molecule has 6 heteroatoms. The fraction of sp³-hybridized carbons (Fsp3) is 0.438. The summed E-state index contributed by atoms with van der Waals surface area (Å²) < 4.78 is 0. The lowest BCUT2D eigenvalue weighted by Crippen LogP contribution is -2.43. The van der Waals surface area contributed by atoms with Crippen molar-refractivity contribution < 1.29 is 19.5 Å². The van der Waals surface area contributed by atoms with Crippen molar-refractivity contribution in [2.24, 2.45) is 5.73 Å². The summed E-state index contributed by atoms with van der Waals surface area (Å²) in [6, 6.07) is 6.92. The lowest BCUT2D eigenvalue weighted by Gasteiger charge is -2.12. The summed E-state index contributed by atoms with van der Waals surface area (Å²) in [4.78, 5) is 33.4. The molecule has 0 saturated carbocycles. The second-order valence-electron chi connectivity index (χ2n) is 5.15. The van der Waals surface area contributed by atoms with Crippen LogP contribution in [0.3, 0.4) is 0 Å². The minimum absolute atomic E-state index is 0.206. The van der Waals surface area contributed by atoms with Crippen LogP contribution in [0.25, 0.3) is 0 Å². The smallest absolute Gasteiger partial charge is 0.326 e. The van der Waals surface area contributed by atoms with Gasteiger partial charge in [0.05, 0.1) is 6.42 Å². The average Bonchev–Trinajstić information content (AvgIpc) is 2.46. The van der Waals surface area contributed by atoms with Gasteiger partial charge in [0.1, 0.15) is 6.04 Å². The van der Waals surface area contributed by atoms with Crippen molar-refractivity contribution in [2.75, 3.05) is 0 Å². The van der Waals surface area contributed by atoms with Gasteiger partial charge in [-0.15, -0.1) is 0 Å². The van der Waals surface area contributed by atoms with Gasteiger partial charge in [-0.3, -0.25) is 9.59 Å². The zero-order valence-corrected chi connectivity index (χ0v) is 12.7. The third kappa shape index (κ3) is 6.39. The molecule has 0 radical (unpaired) electrons. The fourth-order valence-electron chi connectivity index (χ4n) is 2.06. The molecule has 0 aliphatic heterocycles. The van der Waals surface area contributed by atoms with Gasteiger partial charge in [0.2, 0.25) is 11.8 Å². The Morgan fingerprint density at radius 1 is 1.18 bits per heavy atom. The number of benzene rings is 1. The number of hydrogen-bond acceptors (Lipinski definition) is 3. The maximum atomic E-state index is 11.7. The van der Waals surface area contributed by atoms with E-state index in [2.05, 4.69) is 24.4 Å². The number of carbonyl (C=O) groups excluding carboxylic acids is 2. The van der Waals surface area contributed by atoms with Gasteiger partial charge in [-0.2, -0.15) is 0 Å². The Balaban J connectivity index is 2.38. The summed E-state index contributed by atoms with van der Waals surface area (Å²) in [5, 5.41) is 11.2. The number of carboxylic acid groups (broad SMARTS) is 1. The van der Waals surface area contributed by atoms with E-state index in [4.69, 9.17) is 10.8 Å². The van der Waals surface area contributed by atoms with Crippen molar-refractivity contribution in [1.29, 1.82) is 0 Å². The van der Waals surface area contributed by atoms with Gasteiger partial charge >= 0.3 is 5.97 Å². The summed E-state index contributed by atoms with van der Waals surface area (Å²) in [6.45, 7) is 2.09. The van der Waals surface area contributed by atoms with Gasteiger partial charge in [-0.1, -0.05) is 31.2 Å². The van der Waals surface area contributed by atoms with Crippen molar-refractivity contribution in [1.82, 2.24) is 5.32 Å². The fourth-order valence-corrected chi connectivity index (χ4v) is 2.06. The first kappa shape index (κ1) is 17.7. The molecule has 2 amide bonds. The van der Waals surface area contributed by atoms with Crippen LogP contribution in [0.1, 0.15) is 37.3 Å². The van der Waals surface area contributed by atoms with Crippen molar-refractivity contribution in [3.8, 4) is 0 Å². The van der Waals surface area contributed by atoms with Crippen molar-refractivity contribution in [3.63, 3.8) is 0 Å². The first-order chi connectivity index (χ1) is 10.4. The van der Waals surface area contributed by atoms with Crippen LogP contribution in [0.4, 0.5) is 0 Å². The number of primary amides is 1. The normalized spacial score (nSPS) is 11.7. The highest BCUT2D eigenvalue weighted by Crippen LogP contribution is 2.08. The molecule has 1 aromatic rings. The summed E-state index contributed by atoms with van der Waals surface area (Å²) in [6.07, 6.45) is 2.14. The van der Waals surface area contributed by atoms with Crippen LogP contribution >= 0.6 is 0 Å². The molecule has 22 heavy (non-hydrogen) atoms. The topological polar surface area (TPSA) is 109 Å². The molecule has 0 fully saturated rings.